The third kappa shape index (κ3) is 3.95. The van der Waals surface area contributed by atoms with Gasteiger partial charge in [0.15, 0.2) is 0 Å². The molecule has 3 heteroatoms. The Bertz CT molecular complexity index is 384. The minimum Gasteiger partial charge on any atom is -0.383 e. The van der Waals surface area contributed by atoms with Gasteiger partial charge in [0.25, 0.3) is 0 Å². The van der Waals surface area contributed by atoms with Gasteiger partial charge < -0.3 is 10.1 Å². The summed E-state index contributed by atoms with van der Waals surface area (Å²) in [6.07, 6.45) is 4.75. The number of methoxy groups -OCH3 is 1. The number of nitrogens with one attached hydrogen (secondary N) is 1. The SMILES string of the molecule is CCCC(COC)NC1CC(c2ccccc2Cl)C1. The van der Waals surface area contributed by atoms with E-state index in [1.165, 1.54) is 31.2 Å². The van der Waals surface area contributed by atoms with Crippen molar-refractivity contribution in [1.82, 2.24) is 5.32 Å². The zero-order valence-corrected chi connectivity index (χ0v) is 12.6. The maximum Gasteiger partial charge on any atom is 0.0615 e. The number of rotatable bonds is 7. The lowest BCUT2D eigenvalue weighted by Gasteiger charge is -2.39. The highest BCUT2D eigenvalue weighted by Crippen LogP contribution is 2.40. The Morgan fingerprint density at radius 1 is 1.37 bits per heavy atom. The van der Waals surface area contributed by atoms with Crippen LogP contribution in [0.5, 0.6) is 0 Å². The molecule has 0 radical (unpaired) electrons. The zero-order valence-electron chi connectivity index (χ0n) is 11.9. The van der Waals surface area contributed by atoms with Gasteiger partial charge in [0.05, 0.1) is 6.61 Å². The van der Waals surface area contributed by atoms with Crippen molar-refractivity contribution in [2.24, 2.45) is 0 Å². The smallest absolute Gasteiger partial charge is 0.0615 e. The molecule has 1 fully saturated rings. The number of ether oxygens (including phenoxy) is 1. The van der Waals surface area contributed by atoms with Crippen LogP contribution in [0.25, 0.3) is 0 Å². The van der Waals surface area contributed by atoms with E-state index in [0.29, 0.717) is 18.0 Å². The maximum atomic E-state index is 6.24. The van der Waals surface area contributed by atoms with Crippen LogP contribution < -0.4 is 5.32 Å². The van der Waals surface area contributed by atoms with Gasteiger partial charge in [-0.05, 0) is 36.8 Å². The minimum absolute atomic E-state index is 0.493. The average molecular weight is 282 g/mol. The lowest BCUT2D eigenvalue weighted by atomic mass is 9.75. The first kappa shape index (κ1) is 14.8. The van der Waals surface area contributed by atoms with Crippen molar-refractivity contribution in [2.75, 3.05) is 13.7 Å². The molecule has 1 saturated carbocycles. The largest absolute Gasteiger partial charge is 0.383 e. The molecule has 1 aliphatic carbocycles. The minimum atomic E-state index is 0.493. The Balaban J connectivity index is 1.81. The molecule has 0 heterocycles. The second-order valence-electron chi connectivity index (χ2n) is 5.49. The Kier molecular flexibility index (Phi) is 5.68. The average Bonchev–Trinajstić information content (AvgIpc) is 2.35. The van der Waals surface area contributed by atoms with E-state index >= 15 is 0 Å². The molecule has 2 nitrogen and oxygen atoms in total. The lowest BCUT2D eigenvalue weighted by Crippen LogP contribution is -2.47. The summed E-state index contributed by atoms with van der Waals surface area (Å²) in [5.41, 5.74) is 1.31. The highest BCUT2D eigenvalue weighted by molar-refractivity contribution is 6.31. The first-order valence-corrected chi connectivity index (χ1v) is 7.61. The van der Waals surface area contributed by atoms with Crippen molar-refractivity contribution in [1.29, 1.82) is 0 Å². The fraction of sp³-hybridized carbons (Fsp3) is 0.625. The van der Waals surface area contributed by atoms with Crippen LogP contribution in [0.1, 0.15) is 44.1 Å². The predicted octanol–water partition coefficient (Wildman–Crippen LogP) is 3.99. The summed E-state index contributed by atoms with van der Waals surface area (Å²) in [4.78, 5) is 0. The molecule has 2 rings (SSSR count). The molecule has 1 N–H and O–H groups in total. The van der Waals surface area contributed by atoms with Crippen LogP contribution in [0.3, 0.4) is 0 Å². The van der Waals surface area contributed by atoms with Crippen LogP contribution >= 0.6 is 11.6 Å². The molecule has 106 valence electrons. The molecule has 0 aliphatic heterocycles. The van der Waals surface area contributed by atoms with Crippen molar-refractivity contribution in [3.8, 4) is 0 Å². The fourth-order valence-corrected chi connectivity index (χ4v) is 3.20. The van der Waals surface area contributed by atoms with E-state index in [1.807, 2.05) is 12.1 Å². The van der Waals surface area contributed by atoms with Crippen molar-refractivity contribution >= 4 is 11.6 Å². The molecule has 0 spiro atoms. The van der Waals surface area contributed by atoms with Gasteiger partial charge in [-0.15, -0.1) is 0 Å². The highest BCUT2D eigenvalue weighted by atomic mass is 35.5. The summed E-state index contributed by atoms with van der Waals surface area (Å²) in [6, 6.07) is 9.33. The van der Waals surface area contributed by atoms with E-state index < -0.39 is 0 Å². The molecule has 0 bridgehead atoms. The van der Waals surface area contributed by atoms with Crippen molar-refractivity contribution in [3.63, 3.8) is 0 Å². The number of hydrogen-bond donors (Lipinski definition) is 1. The highest BCUT2D eigenvalue weighted by Gasteiger charge is 2.32. The van der Waals surface area contributed by atoms with Gasteiger partial charge in [0, 0.05) is 24.2 Å². The van der Waals surface area contributed by atoms with Crippen LogP contribution in [0.4, 0.5) is 0 Å². The first-order valence-electron chi connectivity index (χ1n) is 7.24. The van der Waals surface area contributed by atoms with E-state index in [1.54, 1.807) is 7.11 Å². The van der Waals surface area contributed by atoms with Crippen LogP contribution in [0.15, 0.2) is 24.3 Å². The Labute approximate surface area is 121 Å². The second-order valence-corrected chi connectivity index (χ2v) is 5.90. The van der Waals surface area contributed by atoms with Gasteiger partial charge >= 0.3 is 0 Å². The van der Waals surface area contributed by atoms with Gasteiger partial charge in [0.1, 0.15) is 0 Å². The van der Waals surface area contributed by atoms with Crippen LogP contribution in [0.2, 0.25) is 5.02 Å². The first-order chi connectivity index (χ1) is 9.24. The molecular weight excluding hydrogens is 258 g/mol. The predicted molar refractivity (Wildman–Crippen MR) is 80.9 cm³/mol. The fourth-order valence-electron chi connectivity index (χ4n) is 2.91. The normalized spacial score (nSPS) is 23.9. The molecule has 1 aliphatic rings. The summed E-state index contributed by atoms with van der Waals surface area (Å²) >= 11 is 6.24. The maximum absolute atomic E-state index is 6.24. The Hall–Kier alpha value is -0.570. The lowest BCUT2D eigenvalue weighted by molar-refractivity contribution is 0.141. The Morgan fingerprint density at radius 2 is 2.11 bits per heavy atom. The van der Waals surface area contributed by atoms with E-state index in [9.17, 15) is 0 Å². The summed E-state index contributed by atoms with van der Waals surface area (Å²) in [5.74, 6) is 0.621. The molecule has 1 unspecified atom stereocenters. The van der Waals surface area contributed by atoms with Crippen molar-refractivity contribution in [3.05, 3.63) is 34.9 Å². The van der Waals surface area contributed by atoms with E-state index in [-0.39, 0.29) is 0 Å². The topological polar surface area (TPSA) is 21.3 Å². The van der Waals surface area contributed by atoms with Crippen LogP contribution in [-0.2, 0) is 4.74 Å². The summed E-state index contributed by atoms with van der Waals surface area (Å²) in [5, 5.41) is 4.62. The van der Waals surface area contributed by atoms with Gasteiger partial charge in [-0.1, -0.05) is 43.1 Å². The van der Waals surface area contributed by atoms with E-state index in [0.717, 1.165) is 11.6 Å². The van der Waals surface area contributed by atoms with Gasteiger partial charge in [-0.25, -0.2) is 0 Å². The molecule has 19 heavy (non-hydrogen) atoms. The molecule has 0 saturated heterocycles. The summed E-state index contributed by atoms with van der Waals surface area (Å²) < 4.78 is 5.27. The van der Waals surface area contributed by atoms with Crippen molar-refractivity contribution in [2.45, 2.75) is 50.6 Å². The number of benzene rings is 1. The van der Waals surface area contributed by atoms with Gasteiger partial charge in [0.2, 0.25) is 0 Å². The molecular formula is C16H24ClNO. The van der Waals surface area contributed by atoms with Gasteiger partial charge in [-0.3, -0.25) is 0 Å². The zero-order chi connectivity index (χ0) is 13.7. The van der Waals surface area contributed by atoms with Crippen LogP contribution in [-0.4, -0.2) is 25.8 Å². The van der Waals surface area contributed by atoms with E-state index in [4.69, 9.17) is 16.3 Å². The van der Waals surface area contributed by atoms with Crippen molar-refractivity contribution < 1.29 is 4.74 Å². The molecule has 1 aromatic carbocycles. The second kappa shape index (κ2) is 7.28. The van der Waals surface area contributed by atoms with Gasteiger partial charge in [-0.2, -0.15) is 0 Å². The molecule has 0 amide bonds. The Morgan fingerprint density at radius 3 is 2.74 bits per heavy atom. The summed E-state index contributed by atoms with van der Waals surface area (Å²) in [6.45, 7) is 3.03. The molecule has 1 atom stereocenters. The van der Waals surface area contributed by atoms with Crippen LogP contribution in [0, 0.1) is 0 Å². The third-order valence-corrected chi connectivity index (χ3v) is 4.30. The standard InChI is InChI=1S/C16H24ClNO/c1-3-6-13(11-19-2)18-14-9-12(10-14)15-7-4-5-8-16(15)17/h4-5,7-8,12-14,18H,3,6,9-11H2,1-2H3. The number of hydrogen-bond acceptors (Lipinski definition) is 2. The third-order valence-electron chi connectivity index (χ3n) is 3.96. The monoisotopic (exact) mass is 281 g/mol. The molecule has 1 aromatic rings. The molecule has 0 aromatic heterocycles. The summed E-state index contributed by atoms with van der Waals surface area (Å²) in [7, 11) is 1.78. The van der Waals surface area contributed by atoms with E-state index in [2.05, 4.69) is 24.4 Å². The number of halogens is 1. The quantitative estimate of drug-likeness (QED) is 0.816.